The zero-order chi connectivity index (χ0) is 16.8. The van der Waals surface area contributed by atoms with Gasteiger partial charge in [0.2, 0.25) is 0 Å². The summed E-state index contributed by atoms with van der Waals surface area (Å²) in [4.78, 5) is 12.0. The van der Waals surface area contributed by atoms with Crippen molar-refractivity contribution in [3.05, 3.63) is 17.5 Å². The van der Waals surface area contributed by atoms with Crippen LogP contribution >= 0.6 is 0 Å². The van der Waals surface area contributed by atoms with Crippen molar-refractivity contribution < 1.29 is 9.53 Å². The van der Waals surface area contributed by atoms with Crippen LogP contribution in [0.4, 0.5) is 4.79 Å². The molecule has 0 saturated heterocycles. The predicted octanol–water partition coefficient (Wildman–Crippen LogP) is 2.68. The van der Waals surface area contributed by atoms with Gasteiger partial charge in [-0.1, -0.05) is 19.8 Å². The molecule has 2 rings (SSSR count). The average molecular weight is 322 g/mol. The van der Waals surface area contributed by atoms with Crippen LogP contribution in [0.25, 0.3) is 0 Å². The van der Waals surface area contributed by atoms with E-state index in [-0.39, 0.29) is 12.1 Å². The Kier molecular flexibility index (Phi) is 6.45. The van der Waals surface area contributed by atoms with Gasteiger partial charge in [-0.15, -0.1) is 0 Å². The molecule has 1 aromatic rings. The minimum atomic E-state index is -0.166. The minimum Gasteiger partial charge on any atom is -0.376 e. The molecule has 1 aromatic heterocycles. The van der Waals surface area contributed by atoms with Crippen molar-refractivity contribution in [3.8, 4) is 0 Å². The molecule has 1 aliphatic rings. The second-order valence-corrected chi connectivity index (χ2v) is 6.60. The van der Waals surface area contributed by atoms with Crippen LogP contribution in [0, 0.1) is 12.8 Å². The molecule has 130 valence electrons. The fourth-order valence-corrected chi connectivity index (χ4v) is 3.17. The van der Waals surface area contributed by atoms with Gasteiger partial charge in [0, 0.05) is 24.8 Å². The molecule has 1 heterocycles. The summed E-state index contributed by atoms with van der Waals surface area (Å²) in [7, 11) is 1.90. The van der Waals surface area contributed by atoms with Crippen LogP contribution in [0.5, 0.6) is 0 Å². The molecule has 0 radical (unpaired) electrons. The third kappa shape index (κ3) is 4.96. The fraction of sp³-hybridized carbons (Fsp3) is 0.765. The molecule has 2 N–H and O–H groups in total. The van der Waals surface area contributed by atoms with Gasteiger partial charge in [0.1, 0.15) is 0 Å². The fourth-order valence-electron chi connectivity index (χ4n) is 3.17. The number of amides is 2. The number of hydrogen-bond donors (Lipinski definition) is 2. The highest BCUT2D eigenvalue weighted by molar-refractivity contribution is 5.74. The molecule has 0 aliphatic heterocycles. The number of carbonyl (C=O) groups excluding carboxylic acids is 1. The van der Waals surface area contributed by atoms with Gasteiger partial charge < -0.3 is 15.4 Å². The van der Waals surface area contributed by atoms with Crippen molar-refractivity contribution in [1.82, 2.24) is 20.4 Å². The standard InChI is InChI=1S/C17H30N4O2/c1-12-7-5-6-8-16(12)23-10-9-18-17(22)20-13(2)15-11-19-21(4)14(15)3/h11-13,16H,5-10H2,1-4H3,(H2,18,20,22). The van der Waals surface area contributed by atoms with Crippen molar-refractivity contribution in [3.63, 3.8) is 0 Å². The highest BCUT2D eigenvalue weighted by atomic mass is 16.5. The summed E-state index contributed by atoms with van der Waals surface area (Å²) in [5.74, 6) is 0.631. The number of aromatic nitrogens is 2. The Morgan fingerprint density at radius 2 is 2.22 bits per heavy atom. The summed E-state index contributed by atoms with van der Waals surface area (Å²) in [6.07, 6.45) is 7.11. The second-order valence-electron chi connectivity index (χ2n) is 6.60. The third-order valence-electron chi connectivity index (χ3n) is 4.84. The quantitative estimate of drug-likeness (QED) is 0.791. The zero-order valence-corrected chi connectivity index (χ0v) is 14.8. The van der Waals surface area contributed by atoms with Gasteiger partial charge in [0.25, 0.3) is 0 Å². The molecular weight excluding hydrogens is 292 g/mol. The molecule has 0 aromatic carbocycles. The molecule has 6 heteroatoms. The molecule has 3 atom stereocenters. The van der Waals surface area contributed by atoms with Crippen molar-refractivity contribution in [1.29, 1.82) is 0 Å². The highest BCUT2D eigenvalue weighted by Crippen LogP contribution is 2.25. The van der Waals surface area contributed by atoms with E-state index in [0.717, 1.165) is 17.7 Å². The molecule has 23 heavy (non-hydrogen) atoms. The number of hydrogen-bond acceptors (Lipinski definition) is 3. The Bertz CT molecular complexity index is 515. The molecule has 1 aliphatic carbocycles. The van der Waals surface area contributed by atoms with E-state index in [9.17, 15) is 4.79 Å². The van der Waals surface area contributed by atoms with Gasteiger partial charge in [0.05, 0.1) is 24.9 Å². The molecule has 0 bridgehead atoms. The lowest BCUT2D eigenvalue weighted by molar-refractivity contribution is -0.00244. The van der Waals surface area contributed by atoms with Gasteiger partial charge >= 0.3 is 6.03 Å². The molecule has 0 spiro atoms. The first kappa shape index (κ1) is 17.8. The largest absolute Gasteiger partial charge is 0.376 e. The van der Waals surface area contributed by atoms with Crippen LogP contribution in [0.15, 0.2) is 6.20 Å². The lowest BCUT2D eigenvalue weighted by Gasteiger charge is -2.28. The van der Waals surface area contributed by atoms with Crippen LogP contribution < -0.4 is 10.6 Å². The number of aryl methyl sites for hydroxylation is 1. The van der Waals surface area contributed by atoms with E-state index in [0.29, 0.717) is 25.2 Å². The smallest absolute Gasteiger partial charge is 0.315 e. The predicted molar refractivity (Wildman–Crippen MR) is 90.3 cm³/mol. The molecular formula is C17H30N4O2. The maximum atomic E-state index is 12.0. The van der Waals surface area contributed by atoms with Crippen molar-refractivity contribution in [2.45, 2.75) is 58.6 Å². The monoisotopic (exact) mass is 322 g/mol. The van der Waals surface area contributed by atoms with E-state index in [1.807, 2.05) is 25.6 Å². The Hall–Kier alpha value is -1.56. The Balaban J connectivity index is 1.66. The van der Waals surface area contributed by atoms with Crippen LogP contribution in [0.2, 0.25) is 0 Å². The van der Waals surface area contributed by atoms with Gasteiger partial charge in [-0.3, -0.25) is 4.68 Å². The lowest BCUT2D eigenvalue weighted by atomic mass is 9.88. The molecule has 2 amide bonds. The molecule has 3 unspecified atom stereocenters. The summed E-state index contributed by atoms with van der Waals surface area (Å²) in [6.45, 7) is 7.32. The average Bonchev–Trinajstić information content (AvgIpc) is 2.85. The maximum absolute atomic E-state index is 12.0. The van der Waals surface area contributed by atoms with E-state index in [1.54, 1.807) is 6.20 Å². The SMILES string of the molecule is Cc1c(C(C)NC(=O)NCCOC2CCCCC2C)cnn1C. The van der Waals surface area contributed by atoms with Gasteiger partial charge in [0.15, 0.2) is 0 Å². The summed E-state index contributed by atoms with van der Waals surface area (Å²) < 4.78 is 7.71. The number of carbonyl (C=O) groups is 1. The van der Waals surface area contributed by atoms with Crippen LogP contribution in [-0.2, 0) is 11.8 Å². The van der Waals surface area contributed by atoms with Crippen molar-refractivity contribution in [2.75, 3.05) is 13.2 Å². The normalized spacial score (nSPS) is 22.6. The Labute approximate surface area is 139 Å². The van der Waals surface area contributed by atoms with Crippen LogP contribution in [-0.4, -0.2) is 35.1 Å². The second kappa shape index (κ2) is 8.34. The number of urea groups is 1. The number of nitrogens with zero attached hydrogens (tertiary/aromatic N) is 2. The van der Waals surface area contributed by atoms with E-state index in [4.69, 9.17) is 4.74 Å². The van der Waals surface area contributed by atoms with Gasteiger partial charge in [-0.25, -0.2) is 4.79 Å². The van der Waals surface area contributed by atoms with Gasteiger partial charge in [-0.05, 0) is 32.6 Å². The van der Waals surface area contributed by atoms with E-state index in [1.165, 1.54) is 19.3 Å². The molecule has 1 fully saturated rings. The number of nitrogens with one attached hydrogen (secondary N) is 2. The summed E-state index contributed by atoms with van der Waals surface area (Å²) in [5.41, 5.74) is 2.10. The first-order valence-electron chi connectivity index (χ1n) is 8.63. The maximum Gasteiger partial charge on any atom is 0.315 e. The minimum absolute atomic E-state index is 0.0667. The Morgan fingerprint density at radius 1 is 1.48 bits per heavy atom. The van der Waals surface area contributed by atoms with Gasteiger partial charge in [-0.2, -0.15) is 5.10 Å². The van der Waals surface area contributed by atoms with E-state index < -0.39 is 0 Å². The topological polar surface area (TPSA) is 68.2 Å². The summed E-state index contributed by atoms with van der Waals surface area (Å²) >= 11 is 0. The molecule has 1 saturated carbocycles. The zero-order valence-electron chi connectivity index (χ0n) is 14.8. The van der Waals surface area contributed by atoms with E-state index in [2.05, 4.69) is 22.7 Å². The highest BCUT2D eigenvalue weighted by Gasteiger charge is 2.21. The first-order chi connectivity index (χ1) is 11.0. The van der Waals surface area contributed by atoms with Crippen LogP contribution in [0.1, 0.15) is 56.8 Å². The van der Waals surface area contributed by atoms with Crippen molar-refractivity contribution >= 4 is 6.03 Å². The van der Waals surface area contributed by atoms with E-state index >= 15 is 0 Å². The molecule has 6 nitrogen and oxygen atoms in total. The first-order valence-corrected chi connectivity index (χ1v) is 8.63. The summed E-state index contributed by atoms with van der Waals surface area (Å²) in [6, 6.07) is -0.232. The lowest BCUT2D eigenvalue weighted by Crippen LogP contribution is -2.39. The Morgan fingerprint density at radius 3 is 2.87 bits per heavy atom. The number of rotatable bonds is 6. The van der Waals surface area contributed by atoms with Crippen molar-refractivity contribution in [2.24, 2.45) is 13.0 Å². The number of ether oxygens (including phenoxy) is 1. The van der Waals surface area contributed by atoms with Crippen LogP contribution in [0.3, 0.4) is 0 Å². The summed E-state index contributed by atoms with van der Waals surface area (Å²) in [5, 5.41) is 10.0. The third-order valence-corrected chi connectivity index (χ3v) is 4.84.